The summed E-state index contributed by atoms with van der Waals surface area (Å²) in [5.41, 5.74) is 0.445. The maximum atomic E-state index is 12.5. The van der Waals surface area contributed by atoms with E-state index in [-0.39, 0.29) is 15.8 Å². The average molecular weight is 408 g/mol. The molecular formula is C16H17AsN2O6. The fourth-order valence-electron chi connectivity index (χ4n) is 1.97. The molecule has 9 heteroatoms. The van der Waals surface area contributed by atoms with Crippen LogP contribution >= 0.6 is 0 Å². The Balaban J connectivity index is 2.22. The monoisotopic (exact) mass is 408 g/mol. The number of phenolic OH excluding ortho intramolecular Hbond substituents is 1. The van der Waals surface area contributed by atoms with Crippen molar-refractivity contribution >= 4 is 41.9 Å². The Kier molecular flexibility index (Phi) is 5.56. The van der Waals surface area contributed by atoms with Crippen molar-refractivity contribution < 1.29 is 26.3 Å². The number of para-hydroxylation sites is 1. The van der Waals surface area contributed by atoms with Crippen molar-refractivity contribution in [2.75, 3.05) is 17.3 Å². The van der Waals surface area contributed by atoms with Gasteiger partial charge in [-0.05, 0) is 0 Å². The van der Waals surface area contributed by atoms with E-state index < -0.39 is 26.2 Å². The second-order valence-corrected chi connectivity index (χ2v) is 8.81. The summed E-state index contributed by atoms with van der Waals surface area (Å²) in [6.07, 6.45) is -0.995. The first kappa shape index (κ1) is 18.6. The molecule has 0 aromatic heterocycles. The first-order chi connectivity index (χ1) is 11.7. The Morgan fingerprint density at radius 1 is 1.16 bits per heavy atom. The number of nitrogens with one attached hydrogen (secondary N) is 1. The van der Waals surface area contributed by atoms with Crippen molar-refractivity contribution in [3.05, 3.63) is 48.5 Å². The topological polar surface area (TPSA) is 116 Å². The van der Waals surface area contributed by atoms with Crippen LogP contribution in [0.5, 0.6) is 5.75 Å². The summed E-state index contributed by atoms with van der Waals surface area (Å²) in [5.74, 6) is -0.740. The van der Waals surface area contributed by atoms with Gasteiger partial charge in [-0.25, -0.2) is 0 Å². The molecular weight excluding hydrogens is 391 g/mol. The van der Waals surface area contributed by atoms with E-state index in [0.717, 1.165) is 23.1 Å². The molecule has 0 spiro atoms. The number of carbonyl (C=O) groups is 2. The van der Waals surface area contributed by atoms with Gasteiger partial charge in [-0.2, -0.15) is 0 Å². The van der Waals surface area contributed by atoms with E-state index in [4.69, 9.17) is 3.73 Å². The van der Waals surface area contributed by atoms with Gasteiger partial charge in [0, 0.05) is 0 Å². The van der Waals surface area contributed by atoms with Gasteiger partial charge < -0.3 is 0 Å². The summed E-state index contributed by atoms with van der Waals surface area (Å²) in [6.45, 7) is 1.23. The van der Waals surface area contributed by atoms with Gasteiger partial charge in [0.2, 0.25) is 0 Å². The molecule has 2 aromatic carbocycles. The number of carbonyl (C=O) groups excluding carboxylic acids is 2. The van der Waals surface area contributed by atoms with Crippen LogP contribution < -0.4 is 14.6 Å². The molecule has 25 heavy (non-hydrogen) atoms. The quantitative estimate of drug-likeness (QED) is 0.517. The molecule has 2 amide bonds. The number of hydrogen-bond acceptors (Lipinski definition) is 5. The van der Waals surface area contributed by atoms with Crippen molar-refractivity contribution in [2.24, 2.45) is 0 Å². The van der Waals surface area contributed by atoms with Crippen molar-refractivity contribution in [3.63, 3.8) is 0 Å². The Morgan fingerprint density at radius 3 is 2.40 bits per heavy atom. The van der Waals surface area contributed by atoms with E-state index in [2.05, 4.69) is 5.32 Å². The predicted octanol–water partition coefficient (Wildman–Crippen LogP) is 1.19. The minimum atomic E-state index is -5.24. The first-order valence-electron chi connectivity index (χ1n) is 7.17. The van der Waals surface area contributed by atoms with Gasteiger partial charge in [0.05, 0.1) is 0 Å². The molecule has 0 saturated heterocycles. The third-order valence-corrected chi connectivity index (χ3v) is 6.04. The van der Waals surface area contributed by atoms with Crippen molar-refractivity contribution in [2.45, 2.75) is 6.92 Å². The summed E-state index contributed by atoms with van der Waals surface area (Å²) in [7, 11) is 1.41. The molecule has 0 bridgehead atoms. The molecule has 0 saturated carbocycles. The number of phenols is 1. The number of nitrogens with zero attached hydrogens (tertiary/aromatic N) is 1. The Hall–Kier alpha value is -2.70. The molecule has 1 unspecified atom stereocenters. The third-order valence-electron chi connectivity index (χ3n) is 3.24. The molecule has 0 aliphatic heterocycles. The Morgan fingerprint density at radius 2 is 1.80 bits per heavy atom. The molecule has 0 aliphatic rings. The summed E-state index contributed by atoms with van der Waals surface area (Å²) in [5, 5.41) is 12.0. The second-order valence-electron chi connectivity index (χ2n) is 5.15. The minimum absolute atomic E-state index is 0.0480. The standard InChI is InChI=1S/C16H17AsN2O6/c1-11(20)18-14-10-12(8-9-15(14)21)17(23,24)25-16(22)19(2)13-6-4-3-5-7-13/h3-10,21H,1-2H3,(H,18,20)(H,23,24). The van der Waals surface area contributed by atoms with Gasteiger partial charge in [-0.1, -0.05) is 0 Å². The van der Waals surface area contributed by atoms with E-state index in [0.29, 0.717) is 5.69 Å². The Bertz CT molecular complexity index is 840. The zero-order chi connectivity index (χ0) is 18.6. The molecule has 8 nitrogen and oxygen atoms in total. The molecule has 1 atom stereocenters. The summed E-state index contributed by atoms with van der Waals surface area (Å²) in [6, 6.07) is 11.9. The molecule has 0 radical (unpaired) electrons. The normalized spacial score (nSPS) is 12.8. The van der Waals surface area contributed by atoms with Crippen LogP contribution in [0.3, 0.4) is 0 Å². The zero-order valence-corrected chi connectivity index (χ0v) is 15.4. The van der Waals surface area contributed by atoms with Gasteiger partial charge in [0.1, 0.15) is 0 Å². The van der Waals surface area contributed by atoms with Crippen LogP contribution in [0.25, 0.3) is 0 Å². The van der Waals surface area contributed by atoms with Gasteiger partial charge in [0.25, 0.3) is 0 Å². The number of hydrogen-bond donors (Lipinski definition) is 3. The van der Waals surface area contributed by atoms with Crippen molar-refractivity contribution in [1.29, 1.82) is 0 Å². The van der Waals surface area contributed by atoms with Crippen LogP contribution in [-0.2, 0) is 12.3 Å². The number of benzene rings is 2. The number of rotatable bonds is 4. The van der Waals surface area contributed by atoms with Crippen LogP contribution in [0.2, 0.25) is 0 Å². The van der Waals surface area contributed by atoms with E-state index >= 15 is 0 Å². The SMILES string of the molecule is CC(=O)Nc1cc([As](=O)(O)OC(=O)N(C)c2ccccc2)ccc1O. The first-order valence-corrected chi connectivity index (χ1v) is 10.5. The fraction of sp³-hybridized carbons (Fsp3) is 0.125. The summed E-state index contributed by atoms with van der Waals surface area (Å²) < 4.78 is 27.2. The van der Waals surface area contributed by atoms with Crippen LogP contribution in [-0.4, -0.2) is 42.4 Å². The van der Waals surface area contributed by atoms with Crippen LogP contribution in [0, 0.1) is 0 Å². The molecule has 2 aromatic rings. The van der Waals surface area contributed by atoms with Crippen LogP contribution in [0.4, 0.5) is 16.2 Å². The number of aromatic hydroxyl groups is 1. The fourth-order valence-corrected chi connectivity index (χ4v) is 4.05. The summed E-state index contributed by atoms with van der Waals surface area (Å²) in [4.78, 5) is 24.3. The summed E-state index contributed by atoms with van der Waals surface area (Å²) >= 11 is -5.24. The molecule has 3 N–H and O–H groups in total. The Labute approximate surface area is 147 Å². The molecule has 132 valence electrons. The van der Waals surface area contributed by atoms with E-state index in [1.807, 2.05) is 0 Å². The van der Waals surface area contributed by atoms with Crippen molar-refractivity contribution in [1.82, 2.24) is 0 Å². The van der Waals surface area contributed by atoms with Gasteiger partial charge in [0.15, 0.2) is 0 Å². The third kappa shape index (κ3) is 4.65. The van der Waals surface area contributed by atoms with Crippen LogP contribution in [0.15, 0.2) is 48.5 Å². The number of anilines is 2. The van der Waals surface area contributed by atoms with Gasteiger partial charge in [-0.3, -0.25) is 0 Å². The predicted molar refractivity (Wildman–Crippen MR) is 92.0 cm³/mol. The average Bonchev–Trinajstić information content (AvgIpc) is 2.56. The van der Waals surface area contributed by atoms with Gasteiger partial charge in [-0.15, -0.1) is 0 Å². The second kappa shape index (κ2) is 7.46. The van der Waals surface area contributed by atoms with Gasteiger partial charge >= 0.3 is 147 Å². The molecule has 0 fully saturated rings. The van der Waals surface area contributed by atoms with E-state index in [1.54, 1.807) is 30.3 Å². The zero-order valence-electron chi connectivity index (χ0n) is 13.5. The molecule has 0 heterocycles. The molecule has 0 aliphatic carbocycles. The van der Waals surface area contributed by atoms with Crippen LogP contribution in [0.1, 0.15) is 6.92 Å². The van der Waals surface area contributed by atoms with Crippen molar-refractivity contribution in [3.8, 4) is 5.75 Å². The number of amides is 2. The maximum absolute atomic E-state index is 12.5. The molecule has 2 rings (SSSR count). The van der Waals surface area contributed by atoms with E-state index in [1.165, 1.54) is 14.0 Å². The van der Waals surface area contributed by atoms with E-state index in [9.17, 15) is 22.5 Å².